The number of hydrogen-bond donors (Lipinski definition) is 2. The average Bonchev–Trinajstić information content (AvgIpc) is 2.44. The first-order chi connectivity index (χ1) is 9.36. The Morgan fingerprint density at radius 3 is 2.45 bits per heavy atom. The zero-order valence-corrected chi connectivity index (χ0v) is 12.9. The number of carbonyl (C=O) groups excluding carboxylic acids is 2. The molecular weight excluding hydrogens is 256 g/mol. The lowest BCUT2D eigenvalue weighted by atomic mass is 9.85. The normalized spacial score (nSPS) is 18.4. The van der Waals surface area contributed by atoms with Gasteiger partial charge in [0.15, 0.2) is 0 Å². The fourth-order valence-corrected chi connectivity index (χ4v) is 2.68. The second-order valence-corrected chi connectivity index (χ2v) is 6.44. The van der Waals surface area contributed by atoms with Gasteiger partial charge in [-0.3, -0.25) is 9.59 Å². The monoisotopic (exact) mass is 284 g/mol. The highest BCUT2D eigenvalue weighted by Crippen LogP contribution is 2.27. The first-order valence-corrected chi connectivity index (χ1v) is 7.48. The van der Waals surface area contributed by atoms with Crippen LogP contribution in [0.1, 0.15) is 52.4 Å². The van der Waals surface area contributed by atoms with E-state index in [9.17, 15) is 9.59 Å². The molecule has 1 atom stereocenters. The third kappa shape index (κ3) is 5.12. The fraction of sp³-hybridized carbons (Fsp3) is 0.867. The smallest absolute Gasteiger partial charge is 0.313 e. The predicted molar refractivity (Wildman–Crippen MR) is 78.0 cm³/mol. The molecule has 1 unspecified atom stereocenters. The van der Waals surface area contributed by atoms with Gasteiger partial charge in [-0.15, -0.1) is 0 Å². The van der Waals surface area contributed by atoms with Crippen LogP contribution in [0.25, 0.3) is 0 Å². The summed E-state index contributed by atoms with van der Waals surface area (Å²) in [5, 5.41) is 2.76. The molecule has 1 aliphatic rings. The van der Waals surface area contributed by atoms with Gasteiger partial charge in [-0.2, -0.15) is 0 Å². The maximum absolute atomic E-state index is 12.0. The summed E-state index contributed by atoms with van der Waals surface area (Å²) in [6, 6.07) is -0.480. The highest BCUT2D eigenvalue weighted by Gasteiger charge is 2.30. The van der Waals surface area contributed by atoms with Crippen LogP contribution in [0, 0.1) is 11.3 Å². The Hall–Kier alpha value is -1.10. The van der Waals surface area contributed by atoms with Gasteiger partial charge in [0.1, 0.15) is 0 Å². The first-order valence-electron chi connectivity index (χ1n) is 7.48. The van der Waals surface area contributed by atoms with Gasteiger partial charge in [-0.05, 0) is 26.2 Å². The molecule has 1 aliphatic carbocycles. The Bertz CT molecular complexity index is 336. The maximum atomic E-state index is 12.0. The largest absolute Gasteiger partial charge is 0.469 e. The topological polar surface area (TPSA) is 81.4 Å². The Labute approximate surface area is 121 Å². The van der Waals surface area contributed by atoms with Gasteiger partial charge in [0.05, 0.1) is 18.6 Å². The number of amides is 1. The van der Waals surface area contributed by atoms with Crippen molar-refractivity contribution in [3.8, 4) is 0 Å². The van der Waals surface area contributed by atoms with E-state index in [0.29, 0.717) is 5.92 Å². The Morgan fingerprint density at radius 1 is 1.30 bits per heavy atom. The van der Waals surface area contributed by atoms with Crippen LogP contribution in [0.4, 0.5) is 0 Å². The second-order valence-electron chi connectivity index (χ2n) is 6.44. The van der Waals surface area contributed by atoms with E-state index in [1.165, 1.54) is 39.2 Å². The summed E-state index contributed by atoms with van der Waals surface area (Å²) >= 11 is 0. The summed E-state index contributed by atoms with van der Waals surface area (Å²) in [5.74, 6) is 0.0596. The molecule has 0 aliphatic heterocycles. The van der Waals surface area contributed by atoms with Gasteiger partial charge in [0, 0.05) is 6.54 Å². The van der Waals surface area contributed by atoms with Gasteiger partial charge in [-0.1, -0.05) is 32.1 Å². The van der Waals surface area contributed by atoms with E-state index in [2.05, 4.69) is 5.32 Å². The van der Waals surface area contributed by atoms with E-state index < -0.39 is 11.5 Å². The Kier molecular flexibility index (Phi) is 6.46. The van der Waals surface area contributed by atoms with E-state index in [1.54, 1.807) is 13.8 Å². The highest BCUT2D eigenvalue weighted by atomic mass is 16.5. The molecule has 20 heavy (non-hydrogen) atoms. The minimum Gasteiger partial charge on any atom is -0.469 e. The summed E-state index contributed by atoms with van der Waals surface area (Å²) in [6.07, 6.45) is 6.88. The van der Waals surface area contributed by atoms with E-state index >= 15 is 0 Å². The van der Waals surface area contributed by atoms with Crippen molar-refractivity contribution in [2.24, 2.45) is 17.1 Å². The molecule has 0 aromatic rings. The van der Waals surface area contributed by atoms with Gasteiger partial charge >= 0.3 is 5.97 Å². The number of esters is 1. The third-order valence-corrected chi connectivity index (χ3v) is 4.09. The van der Waals surface area contributed by atoms with Gasteiger partial charge in [0.2, 0.25) is 5.91 Å². The minimum absolute atomic E-state index is 0.174. The standard InChI is InChI=1S/C15H28N2O3/c1-15(2,14(19)20-3)10-17-13(18)12(16)9-11-7-5-4-6-8-11/h11-12H,4-10,16H2,1-3H3,(H,17,18). The molecule has 1 amide bonds. The number of rotatable bonds is 6. The first kappa shape index (κ1) is 17.0. The van der Waals surface area contributed by atoms with Crippen LogP contribution in [0.5, 0.6) is 0 Å². The van der Waals surface area contributed by atoms with Crippen molar-refractivity contribution in [1.82, 2.24) is 5.32 Å². The Morgan fingerprint density at radius 2 is 1.90 bits per heavy atom. The fourth-order valence-electron chi connectivity index (χ4n) is 2.68. The van der Waals surface area contributed by atoms with Crippen LogP contribution < -0.4 is 11.1 Å². The van der Waals surface area contributed by atoms with Crippen LogP contribution in [0.2, 0.25) is 0 Å². The minimum atomic E-state index is -0.727. The average molecular weight is 284 g/mol. The lowest BCUT2D eigenvalue weighted by Gasteiger charge is -2.26. The molecule has 5 heteroatoms. The van der Waals surface area contributed by atoms with Crippen LogP contribution in [0.3, 0.4) is 0 Å². The van der Waals surface area contributed by atoms with Crippen LogP contribution >= 0.6 is 0 Å². The molecule has 3 N–H and O–H groups in total. The van der Waals surface area contributed by atoms with Gasteiger partial charge in [0.25, 0.3) is 0 Å². The zero-order chi connectivity index (χ0) is 15.2. The lowest BCUT2D eigenvalue weighted by molar-refractivity contribution is -0.150. The Balaban J connectivity index is 2.35. The van der Waals surface area contributed by atoms with Crippen molar-refractivity contribution in [2.75, 3.05) is 13.7 Å². The molecule has 1 saturated carbocycles. The molecule has 116 valence electrons. The van der Waals surface area contributed by atoms with Gasteiger partial charge < -0.3 is 15.8 Å². The molecule has 0 radical (unpaired) electrons. The van der Waals surface area contributed by atoms with E-state index in [1.807, 2.05) is 0 Å². The van der Waals surface area contributed by atoms with E-state index in [4.69, 9.17) is 10.5 Å². The van der Waals surface area contributed by atoms with E-state index in [0.717, 1.165) is 6.42 Å². The molecule has 0 spiro atoms. The number of carbonyl (C=O) groups is 2. The van der Waals surface area contributed by atoms with Crippen molar-refractivity contribution in [3.05, 3.63) is 0 Å². The van der Waals surface area contributed by atoms with Gasteiger partial charge in [-0.25, -0.2) is 0 Å². The molecule has 0 aromatic carbocycles. The quantitative estimate of drug-likeness (QED) is 0.726. The van der Waals surface area contributed by atoms with Crippen LogP contribution in [-0.2, 0) is 14.3 Å². The molecule has 0 bridgehead atoms. The molecule has 0 saturated heterocycles. The molecular formula is C15H28N2O3. The number of nitrogens with one attached hydrogen (secondary N) is 1. The van der Waals surface area contributed by atoms with Crippen molar-refractivity contribution >= 4 is 11.9 Å². The molecule has 5 nitrogen and oxygen atoms in total. The molecule has 1 rings (SSSR count). The second kappa shape index (κ2) is 7.62. The summed E-state index contributed by atoms with van der Waals surface area (Å²) in [6.45, 7) is 3.73. The molecule has 0 aromatic heterocycles. The maximum Gasteiger partial charge on any atom is 0.313 e. The van der Waals surface area contributed by atoms with Crippen molar-refractivity contribution in [3.63, 3.8) is 0 Å². The van der Waals surface area contributed by atoms with Crippen LogP contribution in [0.15, 0.2) is 0 Å². The number of nitrogens with two attached hydrogens (primary N) is 1. The third-order valence-electron chi connectivity index (χ3n) is 4.09. The summed E-state index contributed by atoms with van der Waals surface area (Å²) in [7, 11) is 1.35. The number of hydrogen-bond acceptors (Lipinski definition) is 4. The SMILES string of the molecule is COC(=O)C(C)(C)CNC(=O)C(N)CC1CCCCC1. The summed E-state index contributed by atoms with van der Waals surface area (Å²) in [5.41, 5.74) is 5.23. The van der Waals surface area contributed by atoms with Crippen LogP contribution in [-0.4, -0.2) is 31.6 Å². The molecule has 0 heterocycles. The summed E-state index contributed by atoms with van der Waals surface area (Å²) < 4.78 is 4.71. The summed E-state index contributed by atoms with van der Waals surface area (Å²) in [4.78, 5) is 23.5. The zero-order valence-electron chi connectivity index (χ0n) is 12.9. The number of ether oxygens (including phenoxy) is 1. The van der Waals surface area contributed by atoms with Crippen molar-refractivity contribution in [1.29, 1.82) is 0 Å². The van der Waals surface area contributed by atoms with Crippen molar-refractivity contribution < 1.29 is 14.3 Å². The number of methoxy groups -OCH3 is 1. The molecule has 1 fully saturated rings. The van der Waals surface area contributed by atoms with Crippen molar-refractivity contribution in [2.45, 2.75) is 58.4 Å². The van der Waals surface area contributed by atoms with E-state index in [-0.39, 0.29) is 18.4 Å². The predicted octanol–water partition coefficient (Wildman–Crippen LogP) is 1.60. The highest BCUT2D eigenvalue weighted by molar-refractivity contribution is 5.83. The lowest BCUT2D eigenvalue weighted by Crippen LogP contribution is -2.47.